The molecule has 0 bridgehead atoms. The van der Waals surface area contributed by atoms with Crippen molar-refractivity contribution in [3.63, 3.8) is 0 Å². The van der Waals surface area contributed by atoms with Crippen LogP contribution in [-0.4, -0.2) is 107 Å². The van der Waals surface area contributed by atoms with Crippen molar-refractivity contribution in [2.24, 2.45) is 28.6 Å². The predicted molar refractivity (Wildman–Crippen MR) is 291 cm³/mol. The van der Waals surface area contributed by atoms with E-state index < -0.39 is 47.0 Å². The number of hydrogen-bond acceptors (Lipinski definition) is 9. The standard InChI is InChI=1S/C60H89N7O8/c1-11-37(2)54(71)65-53(60(7,8)9)58(75)66-35-39(32-49(66)55(72)63-47-28-19-23-40-21-15-17-26-44(40)47)31-43(68)25-13-12-14-30-52(70)62-42-33-50(56(73)64-48-29-20-24-41-22-16-18-27-45(41)48)67(36-42)57(74)46(59(4,5)6)34-51(69)38(3)61-10/h15-18,21-22,26-27,37-39,42,46-50,53,61H,11-14,19-20,23-25,28-36H2,1-10H3,(H,62,70)(H,63,72)(H,64,73)(H,65,71)/t37-,38+,39+,42+,46-,47-,48-,49+,50+,53-/m1/s1. The first-order valence-corrected chi connectivity index (χ1v) is 28.2. The summed E-state index contributed by atoms with van der Waals surface area (Å²) in [6.45, 7) is 17.4. The molecule has 2 saturated heterocycles. The van der Waals surface area contributed by atoms with Gasteiger partial charge in [0, 0.05) is 56.7 Å². The van der Waals surface area contributed by atoms with Gasteiger partial charge in [-0.15, -0.1) is 0 Å². The van der Waals surface area contributed by atoms with E-state index in [1.165, 1.54) is 11.1 Å². The summed E-state index contributed by atoms with van der Waals surface area (Å²) >= 11 is 0. The van der Waals surface area contributed by atoms with E-state index in [2.05, 4.69) is 44.8 Å². The number of rotatable bonds is 22. The lowest BCUT2D eigenvalue weighted by Crippen LogP contribution is -2.58. The molecular formula is C60H89N7O8. The van der Waals surface area contributed by atoms with Gasteiger partial charge in [0.25, 0.3) is 0 Å². The minimum atomic E-state index is -0.868. The summed E-state index contributed by atoms with van der Waals surface area (Å²) in [7, 11) is 1.71. The highest BCUT2D eigenvalue weighted by Crippen LogP contribution is 2.37. The number of carbonyl (C=O) groups is 8. The lowest BCUT2D eigenvalue weighted by molar-refractivity contribution is -0.146. The third-order valence-electron chi connectivity index (χ3n) is 16.6. The Morgan fingerprint density at radius 2 is 1.21 bits per heavy atom. The van der Waals surface area contributed by atoms with Gasteiger partial charge in [0.2, 0.25) is 35.4 Å². The largest absolute Gasteiger partial charge is 0.351 e. The van der Waals surface area contributed by atoms with Crippen molar-refractivity contribution >= 4 is 47.0 Å². The number of aryl methyl sites for hydroxylation is 2. The van der Waals surface area contributed by atoms with Gasteiger partial charge in [-0.1, -0.05) is 110 Å². The molecule has 2 fully saturated rings. The number of fused-ring (bicyclic) bond motifs is 2. The molecule has 0 radical (unpaired) electrons. The van der Waals surface area contributed by atoms with E-state index in [-0.39, 0.29) is 110 Å². The topological polar surface area (TPSA) is 203 Å². The summed E-state index contributed by atoms with van der Waals surface area (Å²) in [5.41, 5.74) is 3.36. The second-order valence-corrected chi connectivity index (χ2v) is 24.4. The maximum atomic E-state index is 14.6. The van der Waals surface area contributed by atoms with Crippen molar-refractivity contribution in [3.8, 4) is 0 Å². The maximum Gasteiger partial charge on any atom is 0.246 e. The average molecular weight is 1040 g/mol. The number of hydrogen-bond donors (Lipinski definition) is 5. The summed E-state index contributed by atoms with van der Waals surface area (Å²) in [6.07, 6.45) is 8.98. The van der Waals surface area contributed by atoms with Crippen molar-refractivity contribution in [2.75, 3.05) is 20.1 Å². The van der Waals surface area contributed by atoms with Gasteiger partial charge in [0.1, 0.15) is 29.7 Å². The van der Waals surface area contributed by atoms with Crippen LogP contribution in [0, 0.1) is 28.6 Å². The monoisotopic (exact) mass is 1040 g/mol. The van der Waals surface area contributed by atoms with E-state index >= 15 is 0 Å². The van der Waals surface area contributed by atoms with Crippen molar-refractivity contribution in [1.29, 1.82) is 0 Å². The molecule has 0 unspecified atom stereocenters. The van der Waals surface area contributed by atoms with Gasteiger partial charge < -0.3 is 36.4 Å². The molecule has 2 aliphatic heterocycles. The number of nitrogens with zero attached hydrogens (tertiary/aromatic N) is 2. The molecule has 2 heterocycles. The van der Waals surface area contributed by atoms with E-state index in [0.29, 0.717) is 38.5 Å². The first kappa shape index (κ1) is 58.8. The smallest absolute Gasteiger partial charge is 0.246 e. The van der Waals surface area contributed by atoms with Crippen LogP contribution in [0.15, 0.2) is 48.5 Å². The molecule has 0 spiro atoms. The van der Waals surface area contributed by atoms with Gasteiger partial charge in [-0.3, -0.25) is 38.4 Å². The lowest BCUT2D eigenvalue weighted by atomic mass is 9.76. The molecule has 2 aromatic rings. The zero-order valence-electron chi connectivity index (χ0n) is 46.8. The van der Waals surface area contributed by atoms with Gasteiger partial charge >= 0.3 is 0 Å². The lowest BCUT2D eigenvalue weighted by Gasteiger charge is -2.36. The van der Waals surface area contributed by atoms with Crippen LogP contribution in [0.1, 0.15) is 187 Å². The third-order valence-corrected chi connectivity index (χ3v) is 16.6. The zero-order valence-corrected chi connectivity index (χ0v) is 46.8. The van der Waals surface area contributed by atoms with E-state index in [9.17, 15) is 38.4 Å². The first-order valence-electron chi connectivity index (χ1n) is 28.2. The SMILES string of the molecule is CC[C@@H](C)C(=O)N[C@H](C(=O)N1C[C@@H](CC(=O)CCCCCC(=O)N[C@H]2C[C@@H](C(=O)N[C@@H]3CCCc4ccccc43)N(C(=O)[C@@H](CC(=O)[C@H](C)NC)C(C)(C)C)C2)C[C@H]1C(=O)N[C@@H]1CCCc2ccccc21)C(C)(C)C. The highest BCUT2D eigenvalue weighted by molar-refractivity contribution is 5.95. The Morgan fingerprint density at radius 3 is 1.76 bits per heavy atom. The zero-order chi connectivity index (χ0) is 54.8. The van der Waals surface area contributed by atoms with Crippen molar-refractivity contribution in [2.45, 2.75) is 207 Å². The maximum absolute atomic E-state index is 14.6. The third kappa shape index (κ3) is 15.4. The number of ketones is 2. The molecule has 0 saturated carbocycles. The van der Waals surface area contributed by atoms with E-state index in [1.54, 1.807) is 23.8 Å². The Morgan fingerprint density at radius 1 is 0.667 bits per heavy atom. The van der Waals surface area contributed by atoms with Crippen molar-refractivity contribution < 1.29 is 38.4 Å². The number of unbranched alkanes of at least 4 members (excludes halogenated alkanes) is 2. The van der Waals surface area contributed by atoms with Crippen molar-refractivity contribution in [1.82, 2.24) is 36.4 Å². The summed E-state index contributed by atoms with van der Waals surface area (Å²) in [6, 6.07) is 12.5. The fraction of sp³-hybridized carbons (Fsp3) is 0.667. The minimum absolute atomic E-state index is 0.0226. The number of nitrogens with one attached hydrogen (secondary N) is 5. The van der Waals surface area contributed by atoms with E-state index in [1.807, 2.05) is 85.7 Å². The van der Waals surface area contributed by atoms with E-state index in [4.69, 9.17) is 0 Å². The molecule has 4 aliphatic rings. The number of amides is 6. The molecule has 0 aromatic heterocycles. The fourth-order valence-corrected chi connectivity index (χ4v) is 11.6. The summed E-state index contributed by atoms with van der Waals surface area (Å²) < 4.78 is 0. The molecule has 2 aliphatic carbocycles. The first-order chi connectivity index (χ1) is 35.5. The van der Waals surface area contributed by atoms with Crippen LogP contribution < -0.4 is 26.6 Å². The quantitative estimate of drug-likeness (QED) is 0.0746. The number of Topliss-reactive ketones (excluding diaryl/α,β-unsaturated/α-hetero) is 2. The molecule has 6 rings (SSSR count). The number of likely N-dealkylation sites (tertiary alicyclic amines) is 2. The molecule has 412 valence electrons. The van der Waals surface area contributed by atoms with Gasteiger partial charge in [0.15, 0.2) is 0 Å². The van der Waals surface area contributed by atoms with Crippen LogP contribution >= 0.6 is 0 Å². The summed E-state index contributed by atoms with van der Waals surface area (Å²) in [5, 5.41) is 15.6. The molecule has 75 heavy (non-hydrogen) atoms. The Balaban J connectivity index is 1.05. The fourth-order valence-electron chi connectivity index (χ4n) is 11.6. The van der Waals surface area contributed by atoms with Crippen molar-refractivity contribution in [3.05, 3.63) is 70.8 Å². The summed E-state index contributed by atoms with van der Waals surface area (Å²) in [4.78, 5) is 115. The van der Waals surface area contributed by atoms with Gasteiger partial charge in [-0.2, -0.15) is 0 Å². The normalized spacial score (nSPS) is 23.2. The molecular weight excluding hydrogens is 947 g/mol. The number of carbonyl (C=O) groups excluding carboxylic acids is 8. The van der Waals surface area contributed by atoms with Gasteiger partial charge in [-0.25, -0.2) is 0 Å². The van der Waals surface area contributed by atoms with E-state index in [0.717, 1.165) is 49.7 Å². The molecule has 15 heteroatoms. The minimum Gasteiger partial charge on any atom is -0.351 e. The molecule has 2 aromatic carbocycles. The second-order valence-electron chi connectivity index (χ2n) is 24.4. The molecule has 15 nitrogen and oxygen atoms in total. The van der Waals surface area contributed by atoms with Gasteiger partial charge in [-0.05, 0) is 124 Å². The Labute approximate surface area is 447 Å². The highest BCUT2D eigenvalue weighted by Gasteiger charge is 2.48. The molecule has 5 N–H and O–H groups in total. The average Bonchev–Trinajstić information content (AvgIpc) is 4.00. The Kier molecular flexibility index (Phi) is 20.4. The van der Waals surface area contributed by atoms with Crippen LogP contribution in [0.2, 0.25) is 0 Å². The molecule has 10 atom stereocenters. The van der Waals surface area contributed by atoms with Gasteiger partial charge in [0.05, 0.1) is 18.1 Å². The summed E-state index contributed by atoms with van der Waals surface area (Å²) in [5.74, 6) is -2.79. The van der Waals surface area contributed by atoms with Crippen LogP contribution in [-0.2, 0) is 51.2 Å². The number of benzene rings is 2. The molecule has 6 amide bonds. The van der Waals surface area contributed by atoms with Crippen LogP contribution in [0.4, 0.5) is 0 Å². The highest BCUT2D eigenvalue weighted by atomic mass is 16.2. The number of likely N-dealkylation sites (N-methyl/N-ethyl adjacent to an activating group) is 1. The van der Waals surface area contributed by atoms with Crippen LogP contribution in [0.3, 0.4) is 0 Å². The Bertz CT molecular complexity index is 2210. The van der Waals surface area contributed by atoms with Crippen LogP contribution in [0.25, 0.3) is 0 Å². The predicted octanol–water partition coefficient (Wildman–Crippen LogP) is 7.39. The Hall–Kier alpha value is -5.44. The second kappa shape index (κ2) is 26.1. The van der Waals surface area contributed by atoms with Crippen LogP contribution in [0.5, 0.6) is 0 Å².